The number of anilines is 3. The number of nitrogens with one attached hydrogen (secondary N) is 2. The normalized spacial score (nSPS) is 11.9. The van der Waals surface area contributed by atoms with Crippen molar-refractivity contribution < 1.29 is 22.8 Å². The Labute approximate surface area is 228 Å². The van der Waals surface area contributed by atoms with Crippen LogP contribution < -0.4 is 10.6 Å². The molecule has 1 amide bonds. The largest absolute Gasteiger partial charge is 0.418 e. The van der Waals surface area contributed by atoms with Gasteiger partial charge in [0.2, 0.25) is 0 Å². The third-order valence-corrected chi connectivity index (χ3v) is 6.69. The van der Waals surface area contributed by atoms with Gasteiger partial charge in [-0.1, -0.05) is 18.5 Å². The van der Waals surface area contributed by atoms with E-state index >= 15 is 0 Å². The number of carbonyl (C=O) groups is 2. The second-order valence-electron chi connectivity index (χ2n) is 8.05. The molecule has 0 aliphatic carbocycles. The fourth-order valence-electron chi connectivity index (χ4n) is 3.25. The Balaban J connectivity index is 1.39. The van der Waals surface area contributed by atoms with E-state index in [4.69, 9.17) is 16.9 Å². The molecule has 0 saturated heterocycles. The first-order valence-corrected chi connectivity index (χ1v) is 12.2. The zero-order valence-corrected chi connectivity index (χ0v) is 21.4. The Bertz CT molecular complexity index is 1570. The van der Waals surface area contributed by atoms with E-state index in [1.165, 1.54) is 30.9 Å². The molecule has 0 fully saturated rings. The van der Waals surface area contributed by atoms with Crippen molar-refractivity contribution in [3.63, 3.8) is 0 Å². The van der Waals surface area contributed by atoms with Gasteiger partial charge in [0.25, 0.3) is 5.91 Å². The maximum absolute atomic E-state index is 13.1. The first-order valence-electron chi connectivity index (χ1n) is 11.0. The summed E-state index contributed by atoms with van der Waals surface area (Å²) in [6.07, 6.45) is 0.0880. The van der Waals surface area contributed by atoms with Crippen LogP contribution in [0.15, 0.2) is 49.2 Å². The molecule has 39 heavy (non-hydrogen) atoms. The quantitative estimate of drug-likeness (QED) is 0.256. The molecule has 10 nitrogen and oxygen atoms in total. The van der Waals surface area contributed by atoms with Crippen LogP contribution >= 0.6 is 22.9 Å². The number of Topliss-reactive ketones (excluding diaryl/α,β-unsaturated/α-hetero) is 1. The first-order chi connectivity index (χ1) is 18.5. The molecule has 198 valence electrons. The van der Waals surface area contributed by atoms with E-state index in [0.29, 0.717) is 22.6 Å². The molecule has 4 rings (SSSR count). The summed E-state index contributed by atoms with van der Waals surface area (Å²) in [5.41, 5.74) is -0.141. The smallest absolute Gasteiger partial charge is 0.339 e. The van der Waals surface area contributed by atoms with Crippen molar-refractivity contribution >= 4 is 52.0 Å². The minimum atomic E-state index is -4.71. The highest BCUT2D eigenvalue weighted by molar-refractivity contribution is 7.13. The molecule has 4 heterocycles. The van der Waals surface area contributed by atoms with Gasteiger partial charge in [-0.25, -0.2) is 24.9 Å². The Morgan fingerprint density at radius 3 is 2.56 bits per heavy atom. The minimum Gasteiger partial charge on any atom is -0.339 e. The average Bonchev–Trinajstić information content (AvgIpc) is 3.41. The molecule has 0 aliphatic heterocycles. The van der Waals surface area contributed by atoms with Crippen LogP contribution in [-0.4, -0.2) is 36.6 Å². The van der Waals surface area contributed by atoms with Gasteiger partial charge in [-0.2, -0.15) is 18.4 Å². The predicted molar refractivity (Wildman–Crippen MR) is 136 cm³/mol. The number of nitrogens with zero attached hydrogens (tertiary/aromatic N) is 6. The molecular formula is C24H16ClF3N8O2S. The van der Waals surface area contributed by atoms with Crippen molar-refractivity contribution in [2.24, 2.45) is 0 Å². The topological polar surface area (TPSA) is 146 Å². The number of halogens is 4. The van der Waals surface area contributed by atoms with Crippen molar-refractivity contribution in [3.05, 3.63) is 81.0 Å². The van der Waals surface area contributed by atoms with E-state index < -0.39 is 22.7 Å². The molecule has 2 N–H and O–H groups in total. The maximum Gasteiger partial charge on any atom is 0.418 e. The summed E-state index contributed by atoms with van der Waals surface area (Å²) in [4.78, 5) is 45.5. The van der Waals surface area contributed by atoms with Crippen LogP contribution in [0.2, 0.25) is 5.02 Å². The van der Waals surface area contributed by atoms with E-state index in [-0.39, 0.29) is 40.2 Å². The second kappa shape index (κ2) is 11.5. The number of carbonyl (C=O) groups excluding carboxylic acids is 2. The highest BCUT2D eigenvalue weighted by atomic mass is 35.5. The molecule has 0 aliphatic rings. The Morgan fingerprint density at radius 1 is 1.08 bits per heavy atom. The number of pyridine rings is 2. The fraction of sp³-hybridized carbons (Fsp3) is 0.167. The highest BCUT2D eigenvalue weighted by Gasteiger charge is 2.34. The van der Waals surface area contributed by atoms with E-state index in [2.05, 4.69) is 35.6 Å². The van der Waals surface area contributed by atoms with Gasteiger partial charge in [0.05, 0.1) is 33.7 Å². The molecule has 0 bridgehead atoms. The van der Waals surface area contributed by atoms with Crippen LogP contribution in [0.25, 0.3) is 0 Å². The SMILES string of the molecule is CC(CC(=O)c1cc(Nc2ccc(C#N)nc2)ncn1)c1ncc(C(=O)Nc2cc(C(F)(F)F)c(Cl)cn2)s1. The lowest BCUT2D eigenvalue weighted by atomic mass is 10.0. The molecule has 0 aromatic carbocycles. The van der Waals surface area contributed by atoms with Gasteiger partial charge in [-0.3, -0.25) is 9.59 Å². The summed E-state index contributed by atoms with van der Waals surface area (Å²) in [5, 5.41) is 14.0. The molecule has 4 aromatic rings. The fourth-order valence-corrected chi connectivity index (χ4v) is 4.33. The number of alkyl halides is 3. The molecular weight excluding hydrogens is 557 g/mol. The van der Waals surface area contributed by atoms with Crippen LogP contribution in [0.4, 0.5) is 30.5 Å². The Hall–Kier alpha value is -4.48. The third kappa shape index (κ3) is 6.89. The average molecular weight is 573 g/mol. The van der Waals surface area contributed by atoms with Crippen molar-refractivity contribution in [1.82, 2.24) is 24.9 Å². The standard InChI is InChI=1S/C24H16ClF3N8O2S/c1-12(4-18(37)17-6-21(34-11-33-17)35-14-3-2-13(7-29)30-8-14)23-32-10-19(39-23)22(38)36-20-5-15(24(26,27)28)16(25)9-31-20/h2-3,5-6,8-12H,4H2,1H3,(H,31,36,38)(H,33,34,35). The van der Waals surface area contributed by atoms with Gasteiger partial charge in [0.1, 0.15) is 40.3 Å². The van der Waals surface area contributed by atoms with Gasteiger partial charge >= 0.3 is 6.18 Å². The van der Waals surface area contributed by atoms with Crippen LogP contribution in [-0.2, 0) is 6.18 Å². The molecule has 15 heteroatoms. The second-order valence-corrected chi connectivity index (χ2v) is 9.52. The van der Waals surface area contributed by atoms with Gasteiger partial charge in [-0.05, 0) is 18.2 Å². The lowest BCUT2D eigenvalue weighted by molar-refractivity contribution is -0.137. The number of nitriles is 1. The summed E-state index contributed by atoms with van der Waals surface area (Å²) in [6, 6.07) is 7.22. The maximum atomic E-state index is 13.1. The number of thiazole rings is 1. The van der Waals surface area contributed by atoms with E-state index in [1.54, 1.807) is 13.0 Å². The Kier molecular flexibility index (Phi) is 8.12. The van der Waals surface area contributed by atoms with E-state index in [0.717, 1.165) is 17.5 Å². The van der Waals surface area contributed by atoms with Crippen molar-refractivity contribution in [2.75, 3.05) is 10.6 Å². The minimum absolute atomic E-state index is 0.0249. The molecule has 0 spiro atoms. The number of amides is 1. The first kappa shape index (κ1) is 27.6. The number of aromatic nitrogens is 5. The van der Waals surface area contributed by atoms with Gasteiger partial charge in [0.15, 0.2) is 5.78 Å². The van der Waals surface area contributed by atoms with Gasteiger partial charge in [-0.15, -0.1) is 11.3 Å². The zero-order chi connectivity index (χ0) is 28.2. The van der Waals surface area contributed by atoms with Crippen molar-refractivity contribution in [3.8, 4) is 6.07 Å². The predicted octanol–water partition coefficient (Wildman–Crippen LogP) is 5.64. The van der Waals surface area contributed by atoms with Crippen molar-refractivity contribution in [2.45, 2.75) is 25.4 Å². The number of rotatable bonds is 8. The monoisotopic (exact) mass is 572 g/mol. The lowest BCUT2D eigenvalue weighted by Crippen LogP contribution is -2.13. The summed E-state index contributed by atoms with van der Waals surface area (Å²) in [7, 11) is 0. The molecule has 0 radical (unpaired) electrons. The summed E-state index contributed by atoms with van der Waals surface area (Å²) >= 11 is 6.56. The Morgan fingerprint density at radius 2 is 1.87 bits per heavy atom. The van der Waals surface area contributed by atoms with Gasteiger partial charge in [0, 0.05) is 24.6 Å². The highest BCUT2D eigenvalue weighted by Crippen LogP contribution is 2.35. The molecule has 1 atom stereocenters. The summed E-state index contributed by atoms with van der Waals surface area (Å²) in [6.45, 7) is 1.75. The van der Waals surface area contributed by atoms with Crippen LogP contribution in [0, 0.1) is 11.3 Å². The lowest BCUT2D eigenvalue weighted by Gasteiger charge is -2.10. The zero-order valence-electron chi connectivity index (χ0n) is 19.8. The number of hydrogen-bond donors (Lipinski definition) is 2. The summed E-state index contributed by atoms with van der Waals surface area (Å²) in [5.74, 6) is -1.35. The van der Waals surface area contributed by atoms with Crippen LogP contribution in [0.5, 0.6) is 0 Å². The molecule has 0 saturated carbocycles. The number of hydrogen-bond acceptors (Lipinski definition) is 10. The molecule has 4 aromatic heterocycles. The van der Waals surface area contributed by atoms with E-state index in [1.807, 2.05) is 6.07 Å². The van der Waals surface area contributed by atoms with Crippen molar-refractivity contribution in [1.29, 1.82) is 5.26 Å². The molecule has 1 unspecified atom stereocenters. The van der Waals surface area contributed by atoms with Crippen LogP contribution in [0.1, 0.15) is 55.7 Å². The third-order valence-electron chi connectivity index (χ3n) is 5.17. The number of ketones is 1. The van der Waals surface area contributed by atoms with Crippen LogP contribution in [0.3, 0.4) is 0 Å². The van der Waals surface area contributed by atoms with E-state index in [9.17, 15) is 22.8 Å². The summed E-state index contributed by atoms with van der Waals surface area (Å²) < 4.78 is 39.2. The van der Waals surface area contributed by atoms with Gasteiger partial charge < -0.3 is 10.6 Å².